The lowest BCUT2D eigenvalue weighted by Gasteiger charge is -2.26. The molecule has 0 fully saturated rings. The van der Waals surface area contributed by atoms with Crippen molar-refractivity contribution in [1.82, 2.24) is 10.8 Å². The third kappa shape index (κ3) is 5.07. The molecule has 2 N–H and O–H groups in total. The highest BCUT2D eigenvalue weighted by Gasteiger charge is 2.24. The predicted molar refractivity (Wildman–Crippen MR) is 87.2 cm³/mol. The van der Waals surface area contributed by atoms with Gasteiger partial charge in [-0.15, -0.1) is 0 Å². The maximum atomic E-state index is 13.8. The lowest BCUT2D eigenvalue weighted by molar-refractivity contribution is 0.0487. The molecule has 2 aromatic rings. The van der Waals surface area contributed by atoms with Crippen LogP contribution in [0.4, 0.5) is 9.18 Å². The zero-order valence-electron chi connectivity index (χ0n) is 13.3. The van der Waals surface area contributed by atoms with Crippen molar-refractivity contribution in [1.29, 1.82) is 0 Å². The second-order valence-electron chi connectivity index (χ2n) is 5.92. The summed E-state index contributed by atoms with van der Waals surface area (Å²) in [5.41, 5.74) is 3.32. The highest BCUT2D eigenvalue weighted by Crippen LogP contribution is 2.24. The third-order valence-electron chi connectivity index (χ3n) is 3.54. The van der Waals surface area contributed by atoms with Gasteiger partial charge in [0.15, 0.2) is 0 Å². The van der Waals surface area contributed by atoms with Gasteiger partial charge in [0.2, 0.25) is 0 Å². The van der Waals surface area contributed by atoms with Crippen LogP contribution in [0.2, 0.25) is 0 Å². The Labute approximate surface area is 135 Å². The zero-order valence-corrected chi connectivity index (χ0v) is 13.3. The van der Waals surface area contributed by atoms with E-state index in [1.54, 1.807) is 18.2 Å². The van der Waals surface area contributed by atoms with Crippen molar-refractivity contribution >= 4 is 6.03 Å². The van der Waals surface area contributed by atoms with E-state index in [4.69, 9.17) is 4.84 Å². The number of benzene rings is 2. The lowest BCUT2D eigenvalue weighted by atomic mass is 9.84. The minimum Gasteiger partial charge on any atom is -0.336 e. The number of amides is 2. The van der Waals surface area contributed by atoms with Crippen LogP contribution in [-0.2, 0) is 16.9 Å². The fourth-order valence-corrected chi connectivity index (χ4v) is 2.20. The summed E-state index contributed by atoms with van der Waals surface area (Å²) in [7, 11) is 0. The Morgan fingerprint density at radius 3 is 2.43 bits per heavy atom. The van der Waals surface area contributed by atoms with E-state index in [-0.39, 0.29) is 19.0 Å². The van der Waals surface area contributed by atoms with Crippen molar-refractivity contribution in [2.24, 2.45) is 0 Å². The zero-order chi connectivity index (χ0) is 16.7. The number of nitrogens with one attached hydrogen (secondary N) is 2. The topological polar surface area (TPSA) is 50.4 Å². The normalized spacial score (nSPS) is 11.1. The standard InChI is InChI=1S/C18H21FN2O2/c1-18(2,15-10-6-7-11-16(15)19)13-20-17(22)21-23-12-14-8-4-3-5-9-14/h3-11H,12-13H2,1-2H3,(H2,20,21,22). The Morgan fingerprint density at radius 1 is 1.09 bits per heavy atom. The second kappa shape index (κ2) is 7.74. The lowest BCUT2D eigenvalue weighted by Crippen LogP contribution is -2.42. The van der Waals surface area contributed by atoms with Crippen LogP contribution in [0.1, 0.15) is 25.0 Å². The van der Waals surface area contributed by atoms with E-state index in [9.17, 15) is 9.18 Å². The van der Waals surface area contributed by atoms with Gasteiger partial charge in [0.05, 0.1) is 6.61 Å². The summed E-state index contributed by atoms with van der Waals surface area (Å²) in [6.07, 6.45) is 0. The van der Waals surface area contributed by atoms with E-state index >= 15 is 0 Å². The van der Waals surface area contributed by atoms with E-state index in [1.165, 1.54) is 6.07 Å². The average molecular weight is 316 g/mol. The first-order valence-electron chi connectivity index (χ1n) is 7.43. The fraction of sp³-hybridized carbons (Fsp3) is 0.278. The summed E-state index contributed by atoms with van der Waals surface area (Å²) in [4.78, 5) is 16.9. The van der Waals surface area contributed by atoms with Gasteiger partial charge >= 0.3 is 6.03 Å². The minimum atomic E-state index is -0.526. The van der Waals surface area contributed by atoms with Crippen molar-refractivity contribution < 1.29 is 14.0 Å². The summed E-state index contributed by atoms with van der Waals surface area (Å²) < 4.78 is 13.8. The summed E-state index contributed by atoms with van der Waals surface area (Å²) in [6, 6.07) is 15.6. The molecule has 5 heteroatoms. The number of carbonyl (C=O) groups excluding carboxylic acids is 1. The van der Waals surface area contributed by atoms with Crippen LogP contribution in [0.15, 0.2) is 54.6 Å². The largest absolute Gasteiger partial charge is 0.338 e. The third-order valence-corrected chi connectivity index (χ3v) is 3.54. The second-order valence-corrected chi connectivity index (χ2v) is 5.92. The molecule has 0 aromatic heterocycles. The van der Waals surface area contributed by atoms with Crippen LogP contribution < -0.4 is 10.8 Å². The molecule has 0 saturated heterocycles. The van der Waals surface area contributed by atoms with E-state index in [0.29, 0.717) is 5.56 Å². The average Bonchev–Trinajstić information content (AvgIpc) is 2.54. The van der Waals surface area contributed by atoms with Crippen LogP contribution in [0.3, 0.4) is 0 Å². The van der Waals surface area contributed by atoms with Crippen molar-refractivity contribution in [3.05, 3.63) is 71.5 Å². The summed E-state index contributed by atoms with van der Waals surface area (Å²) in [6.45, 7) is 4.31. The predicted octanol–water partition coefficient (Wildman–Crippen LogP) is 3.53. The Hall–Kier alpha value is -2.40. The molecule has 4 nitrogen and oxygen atoms in total. The highest BCUT2D eigenvalue weighted by molar-refractivity contribution is 5.72. The minimum absolute atomic E-state index is 0.278. The van der Waals surface area contributed by atoms with Crippen LogP contribution in [0, 0.1) is 5.82 Å². The Balaban J connectivity index is 1.78. The van der Waals surface area contributed by atoms with Crippen LogP contribution >= 0.6 is 0 Å². The molecule has 0 aliphatic carbocycles. The van der Waals surface area contributed by atoms with Crippen molar-refractivity contribution in [3.63, 3.8) is 0 Å². The van der Waals surface area contributed by atoms with Gasteiger partial charge in [-0.2, -0.15) is 0 Å². The number of hydroxylamine groups is 1. The van der Waals surface area contributed by atoms with Gasteiger partial charge in [-0.1, -0.05) is 62.4 Å². The molecular weight excluding hydrogens is 295 g/mol. The first-order chi connectivity index (χ1) is 11.0. The van der Waals surface area contributed by atoms with Gasteiger partial charge in [0.25, 0.3) is 0 Å². The smallest absolute Gasteiger partial charge is 0.336 e. The molecular formula is C18H21FN2O2. The van der Waals surface area contributed by atoms with E-state index in [1.807, 2.05) is 44.2 Å². The van der Waals surface area contributed by atoms with Crippen molar-refractivity contribution in [2.45, 2.75) is 25.9 Å². The number of carbonyl (C=O) groups is 1. The number of urea groups is 1. The highest BCUT2D eigenvalue weighted by atomic mass is 19.1. The van der Waals surface area contributed by atoms with Gasteiger partial charge in [-0.25, -0.2) is 14.7 Å². The monoisotopic (exact) mass is 316 g/mol. The molecule has 23 heavy (non-hydrogen) atoms. The first-order valence-corrected chi connectivity index (χ1v) is 7.43. The van der Waals surface area contributed by atoms with Crippen LogP contribution in [0.5, 0.6) is 0 Å². The molecule has 0 bridgehead atoms. The van der Waals surface area contributed by atoms with Crippen LogP contribution in [-0.4, -0.2) is 12.6 Å². The van der Waals surface area contributed by atoms with Gasteiger partial charge < -0.3 is 5.32 Å². The summed E-state index contributed by atoms with van der Waals surface area (Å²) >= 11 is 0. The molecule has 0 spiro atoms. The van der Waals surface area contributed by atoms with Crippen molar-refractivity contribution in [2.75, 3.05) is 6.54 Å². The Bertz CT molecular complexity index is 644. The molecule has 0 atom stereocenters. The molecule has 2 aromatic carbocycles. The number of hydrogen-bond acceptors (Lipinski definition) is 2. The molecule has 0 aliphatic rings. The molecule has 2 rings (SSSR count). The molecule has 0 saturated carbocycles. The number of halogens is 1. The van der Waals surface area contributed by atoms with E-state index < -0.39 is 11.4 Å². The summed E-state index contributed by atoms with van der Waals surface area (Å²) in [5.74, 6) is -0.278. The number of hydrogen-bond donors (Lipinski definition) is 2. The summed E-state index contributed by atoms with van der Waals surface area (Å²) in [5, 5.41) is 2.69. The molecule has 0 unspecified atom stereocenters. The van der Waals surface area contributed by atoms with Gasteiger partial charge in [-0.05, 0) is 17.2 Å². The first kappa shape index (κ1) is 17.0. The molecule has 0 heterocycles. The van der Waals surface area contributed by atoms with Gasteiger partial charge in [0.1, 0.15) is 5.82 Å². The van der Waals surface area contributed by atoms with Gasteiger partial charge in [-0.3, -0.25) is 4.84 Å². The van der Waals surface area contributed by atoms with Crippen LogP contribution in [0.25, 0.3) is 0 Å². The maximum absolute atomic E-state index is 13.8. The maximum Gasteiger partial charge on any atom is 0.338 e. The van der Waals surface area contributed by atoms with Gasteiger partial charge in [0, 0.05) is 12.0 Å². The molecule has 2 amide bonds. The van der Waals surface area contributed by atoms with E-state index in [0.717, 1.165) is 5.56 Å². The number of rotatable bonds is 6. The Kier molecular flexibility index (Phi) is 5.71. The van der Waals surface area contributed by atoms with E-state index in [2.05, 4.69) is 10.8 Å². The van der Waals surface area contributed by atoms with Crippen molar-refractivity contribution in [3.8, 4) is 0 Å². The fourth-order valence-electron chi connectivity index (χ4n) is 2.20. The molecule has 122 valence electrons. The quantitative estimate of drug-likeness (QED) is 0.801. The molecule has 0 aliphatic heterocycles. The Morgan fingerprint density at radius 2 is 1.74 bits per heavy atom. The SMILES string of the molecule is CC(C)(CNC(=O)NOCc1ccccc1)c1ccccc1F. The molecule has 0 radical (unpaired) electrons.